The van der Waals surface area contributed by atoms with E-state index < -0.39 is 22.7 Å². The molecular weight excluding hydrogens is 344 g/mol. The molecule has 27 heavy (non-hydrogen) atoms. The quantitative estimate of drug-likeness (QED) is 0.761. The summed E-state index contributed by atoms with van der Waals surface area (Å²) in [6.45, 7) is 3.53. The van der Waals surface area contributed by atoms with Crippen molar-refractivity contribution in [2.75, 3.05) is 13.7 Å². The van der Waals surface area contributed by atoms with Crippen LogP contribution in [0.3, 0.4) is 0 Å². The first kappa shape index (κ1) is 19.4. The van der Waals surface area contributed by atoms with Gasteiger partial charge in [-0.05, 0) is 55.2 Å². The van der Waals surface area contributed by atoms with E-state index in [1.165, 1.54) is 0 Å². The number of carboxylic acids is 1. The summed E-state index contributed by atoms with van der Waals surface area (Å²) in [5.41, 5.74) is 5.37. The molecule has 0 aliphatic heterocycles. The van der Waals surface area contributed by atoms with Crippen LogP contribution in [0.4, 0.5) is 0 Å². The highest BCUT2D eigenvalue weighted by molar-refractivity contribution is 5.94. The fourth-order valence-electron chi connectivity index (χ4n) is 5.65. The van der Waals surface area contributed by atoms with Crippen LogP contribution in [0.15, 0.2) is 18.2 Å². The van der Waals surface area contributed by atoms with Crippen molar-refractivity contribution in [3.05, 3.63) is 29.3 Å². The molecule has 0 aromatic heterocycles. The number of aryl methyl sites for hydroxylation is 1. The largest absolute Gasteiger partial charge is 0.496 e. The lowest BCUT2D eigenvalue weighted by Gasteiger charge is -2.33. The molecule has 3 N–H and O–H groups in total. The minimum atomic E-state index is -1.32. The van der Waals surface area contributed by atoms with Crippen molar-refractivity contribution in [3.8, 4) is 11.8 Å². The van der Waals surface area contributed by atoms with Gasteiger partial charge in [0.15, 0.2) is 5.78 Å². The standard InChI is InChI=1S/C21H26N2O4/c1-4-20(19(25)26)15-9-14(21(11-23,18(15)20)17(24)10-22)8-13-5-6-16(27-3)12(2)7-13/h5-7,14-15,18H,4,8-10,22H2,1-3H3,(H,25,26). The molecular formula is C21H26N2O4. The van der Waals surface area contributed by atoms with Gasteiger partial charge in [-0.1, -0.05) is 19.1 Å². The number of nitrogens with two attached hydrogens (primary N) is 1. The normalized spacial score (nSPS) is 33.8. The number of hydrogen-bond donors (Lipinski definition) is 2. The number of carbonyl (C=O) groups is 2. The average molecular weight is 370 g/mol. The number of carbonyl (C=O) groups excluding carboxylic acids is 1. The highest BCUT2D eigenvalue weighted by Crippen LogP contribution is 2.77. The van der Waals surface area contributed by atoms with E-state index in [-0.39, 0.29) is 24.2 Å². The van der Waals surface area contributed by atoms with Gasteiger partial charge in [0.1, 0.15) is 11.2 Å². The Hall–Kier alpha value is -2.39. The van der Waals surface area contributed by atoms with Crippen LogP contribution in [0.2, 0.25) is 0 Å². The summed E-state index contributed by atoms with van der Waals surface area (Å²) in [6.07, 6.45) is 1.54. The van der Waals surface area contributed by atoms with E-state index in [2.05, 4.69) is 6.07 Å². The van der Waals surface area contributed by atoms with E-state index in [1.807, 2.05) is 32.0 Å². The Morgan fingerprint density at radius 2 is 2.15 bits per heavy atom. The van der Waals surface area contributed by atoms with Crippen molar-refractivity contribution in [3.63, 3.8) is 0 Å². The third kappa shape index (κ3) is 2.49. The first-order valence-corrected chi connectivity index (χ1v) is 9.34. The number of methoxy groups -OCH3 is 1. The summed E-state index contributed by atoms with van der Waals surface area (Å²) in [4.78, 5) is 24.8. The zero-order chi connectivity index (χ0) is 20.0. The molecule has 5 atom stereocenters. The molecule has 2 aliphatic carbocycles. The number of ketones is 1. The van der Waals surface area contributed by atoms with Crippen LogP contribution in [0.5, 0.6) is 5.75 Å². The first-order chi connectivity index (χ1) is 12.8. The van der Waals surface area contributed by atoms with E-state index in [9.17, 15) is 20.0 Å². The Bertz CT molecular complexity index is 830. The lowest BCUT2D eigenvalue weighted by molar-refractivity contribution is -0.146. The molecule has 0 spiro atoms. The highest BCUT2D eigenvalue weighted by atomic mass is 16.5. The van der Waals surface area contributed by atoms with Gasteiger partial charge in [-0.15, -0.1) is 0 Å². The maximum absolute atomic E-state index is 12.8. The monoisotopic (exact) mass is 370 g/mol. The third-order valence-electron chi connectivity index (χ3n) is 6.94. The summed E-state index contributed by atoms with van der Waals surface area (Å²) >= 11 is 0. The maximum atomic E-state index is 12.8. The van der Waals surface area contributed by atoms with Crippen LogP contribution in [0, 0.1) is 46.8 Å². The van der Waals surface area contributed by atoms with Crippen LogP contribution < -0.4 is 10.5 Å². The summed E-state index contributed by atoms with van der Waals surface area (Å²) in [7, 11) is 1.61. The second-order valence-electron chi connectivity index (χ2n) is 7.83. The van der Waals surface area contributed by atoms with E-state index in [0.717, 1.165) is 16.9 Å². The fourth-order valence-corrected chi connectivity index (χ4v) is 5.65. The number of carboxylic acid groups (broad SMARTS) is 1. The van der Waals surface area contributed by atoms with E-state index in [1.54, 1.807) is 7.11 Å². The molecule has 6 nitrogen and oxygen atoms in total. The second kappa shape index (κ2) is 6.65. The third-order valence-corrected chi connectivity index (χ3v) is 6.94. The molecule has 0 amide bonds. The van der Waals surface area contributed by atoms with Gasteiger partial charge in [0.2, 0.25) is 0 Å². The number of aliphatic carboxylic acids is 1. The van der Waals surface area contributed by atoms with Crippen molar-refractivity contribution < 1.29 is 19.4 Å². The molecule has 1 aromatic carbocycles. The predicted molar refractivity (Wildman–Crippen MR) is 99.0 cm³/mol. The van der Waals surface area contributed by atoms with Gasteiger partial charge in [0, 0.05) is 5.92 Å². The topological polar surface area (TPSA) is 113 Å². The van der Waals surface area contributed by atoms with Crippen LogP contribution in [0.1, 0.15) is 30.9 Å². The first-order valence-electron chi connectivity index (χ1n) is 9.34. The van der Waals surface area contributed by atoms with Crippen LogP contribution in [-0.4, -0.2) is 30.5 Å². The van der Waals surface area contributed by atoms with E-state index in [0.29, 0.717) is 19.3 Å². The molecule has 0 radical (unpaired) electrons. The zero-order valence-corrected chi connectivity index (χ0v) is 16.0. The Morgan fingerprint density at radius 3 is 2.63 bits per heavy atom. The van der Waals surface area contributed by atoms with Crippen molar-refractivity contribution >= 4 is 11.8 Å². The van der Waals surface area contributed by atoms with E-state index >= 15 is 0 Å². The van der Waals surface area contributed by atoms with Crippen LogP contribution in [-0.2, 0) is 16.0 Å². The van der Waals surface area contributed by atoms with Crippen molar-refractivity contribution in [1.29, 1.82) is 5.26 Å². The number of fused-ring (bicyclic) bond motifs is 1. The minimum Gasteiger partial charge on any atom is -0.496 e. The molecule has 2 fully saturated rings. The summed E-state index contributed by atoms with van der Waals surface area (Å²) < 4.78 is 5.29. The summed E-state index contributed by atoms with van der Waals surface area (Å²) in [5.74, 6) is -1.25. The average Bonchev–Trinajstić information content (AvgIpc) is 3.19. The zero-order valence-electron chi connectivity index (χ0n) is 16.0. The lowest BCUT2D eigenvalue weighted by atomic mass is 9.65. The Morgan fingerprint density at radius 1 is 1.44 bits per heavy atom. The minimum absolute atomic E-state index is 0.139. The number of ether oxygens (including phenoxy) is 1. The molecule has 5 unspecified atom stereocenters. The van der Waals surface area contributed by atoms with Gasteiger partial charge in [-0.2, -0.15) is 5.26 Å². The predicted octanol–water partition coefficient (Wildman–Crippen LogP) is 2.33. The number of hydrogen-bond acceptors (Lipinski definition) is 5. The van der Waals surface area contributed by atoms with E-state index in [4.69, 9.17) is 10.5 Å². The lowest BCUT2D eigenvalue weighted by Crippen LogP contribution is -2.45. The molecule has 3 rings (SSSR count). The van der Waals surface area contributed by atoms with Crippen LogP contribution in [0.25, 0.3) is 0 Å². The molecule has 144 valence electrons. The molecule has 1 aromatic rings. The number of nitriles is 1. The highest BCUT2D eigenvalue weighted by Gasteiger charge is 2.82. The molecule has 0 heterocycles. The Balaban J connectivity index is 1.98. The van der Waals surface area contributed by atoms with Gasteiger partial charge in [0.05, 0.1) is 25.1 Å². The Kier molecular flexibility index (Phi) is 4.77. The molecule has 2 aliphatic rings. The fraction of sp³-hybridized carbons (Fsp3) is 0.571. The Labute approximate surface area is 159 Å². The van der Waals surface area contributed by atoms with Crippen molar-refractivity contribution in [2.45, 2.75) is 33.1 Å². The van der Waals surface area contributed by atoms with Crippen LogP contribution >= 0.6 is 0 Å². The molecule has 2 saturated carbocycles. The van der Waals surface area contributed by atoms with Gasteiger partial charge in [0.25, 0.3) is 0 Å². The smallest absolute Gasteiger partial charge is 0.310 e. The van der Waals surface area contributed by atoms with Gasteiger partial charge in [-0.3, -0.25) is 9.59 Å². The second-order valence-corrected chi connectivity index (χ2v) is 7.83. The number of benzene rings is 1. The van der Waals surface area contributed by atoms with Gasteiger partial charge in [-0.25, -0.2) is 0 Å². The number of rotatable bonds is 7. The molecule has 0 saturated heterocycles. The van der Waals surface area contributed by atoms with Crippen molar-refractivity contribution in [2.24, 2.45) is 34.3 Å². The number of nitrogens with zero attached hydrogens (tertiary/aromatic N) is 1. The summed E-state index contributed by atoms with van der Waals surface area (Å²) in [5, 5.41) is 19.9. The summed E-state index contributed by atoms with van der Waals surface area (Å²) in [6, 6.07) is 8.08. The number of Topliss-reactive ketones (excluding diaryl/α,β-unsaturated/α-hetero) is 1. The molecule has 6 heteroatoms. The molecule has 0 bridgehead atoms. The van der Waals surface area contributed by atoms with Crippen molar-refractivity contribution in [1.82, 2.24) is 0 Å². The van der Waals surface area contributed by atoms with Gasteiger partial charge >= 0.3 is 5.97 Å². The van der Waals surface area contributed by atoms with Gasteiger partial charge < -0.3 is 15.6 Å². The maximum Gasteiger partial charge on any atom is 0.310 e. The SMILES string of the molecule is CCC1(C(=O)O)C2CC(Cc3ccc(OC)c(C)c3)C(C#N)(C(=O)CN)C21.